The van der Waals surface area contributed by atoms with E-state index in [0.717, 1.165) is 6.08 Å². The Hall–Kier alpha value is -1.74. The van der Waals surface area contributed by atoms with Gasteiger partial charge in [-0.25, -0.2) is 4.79 Å². The molecule has 0 radical (unpaired) electrons. The molecule has 0 saturated carbocycles. The summed E-state index contributed by atoms with van der Waals surface area (Å²) >= 11 is 0. The molecule has 0 bridgehead atoms. The minimum atomic E-state index is -7.89. The topological polar surface area (TPSA) is 57.5 Å². The van der Waals surface area contributed by atoms with Crippen LogP contribution in [0.15, 0.2) is 12.7 Å². The number of halogens is 13. The number of aliphatic hydroxyl groups is 1. The van der Waals surface area contributed by atoms with Crippen molar-refractivity contribution < 1.29 is 72.1 Å². The van der Waals surface area contributed by atoms with Crippen molar-refractivity contribution in [2.45, 2.75) is 42.2 Å². The highest BCUT2D eigenvalue weighted by atomic mass is 19.4. The average molecular weight is 436 g/mol. The number of carboxylic acid groups (broad SMARTS) is 1. The van der Waals surface area contributed by atoms with E-state index in [1.807, 2.05) is 0 Å². The molecule has 0 rings (SSSR count). The number of aliphatic carboxylic acids is 1. The molecule has 0 aliphatic rings. The highest BCUT2D eigenvalue weighted by molar-refractivity contribution is 5.78. The third-order valence-electron chi connectivity index (χ3n) is 2.60. The summed E-state index contributed by atoms with van der Waals surface area (Å²) in [6.07, 6.45) is -9.16. The number of hydrogen-bond donors (Lipinski definition) is 2. The Labute approximate surface area is 141 Å². The summed E-state index contributed by atoms with van der Waals surface area (Å²) in [6, 6.07) is 0. The fourth-order valence-electron chi connectivity index (χ4n) is 1.10. The number of rotatable bonds is 7. The third kappa shape index (κ3) is 4.95. The summed E-state index contributed by atoms with van der Waals surface area (Å²) < 4.78 is 161. The Bertz CT molecular complexity index is 524. The number of carboxylic acids is 1. The van der Waals surface area contributed by atoms with E-state index in [4.69, 9.17) is 10.2 Å². The van der Waals surface area contributed by atoms with Gasteiger partial charge in [-0.15, -0.1) is 0 Å². The second-order valence-electron chi connectivity index (χ2n) is 4.52. The monoisotopic (exact) mass is 436 g/mol. The Balaban J connectivity index is 0. The van der Waals surface area contributed by atoms with E-state index < -0.39 is 54.8 Å². The molecule has 0 unspecified atom stereocenters. The first-order valence-corrected chi connectivity index (χ1v) is 6.00. The van der Waals surface area contributed by atoms with Crippen LogP contribution in [0.25, 0.3) is 0 Å². The summed E-state index contributed by atoms with van der Waals surface area (Å²) in [4.78, 5) is 9.25. The Morgan fingerprint density at radius 3 is 1.26 bits per heavy atom. The standard InChI is InChI=1S/C8H5F13O.C3H4O2/c9-3(10,1-2-22)4(11,12)5(13,14)6(15,16)7(17,18)8(19,20)21;1-2-3(4)5/h22H,1-2H2;2H,1H2,(H,4,5). The van der Waals surface area contributed by atoms with Crippen molar-refractivity contribution in [2.75, 3.05) is 6.61 Å². The zero-order chi connectivity index (χ0) is 22.7. The van der Waals surface area contributed by atoms with Crippen molar-refractivity contribution in [1.82, 2.24) is 0 Å². The van der Waals surface area contributed by atoms with Crippen LogP contribution in [0.3, 0.4) is 0 Å². The lowest BCUT2D eigenvalue weighted by Gasteiger charge is -2.39. The van der Waals surface area contributed by atoms with Gasteiger partial charge in [0.25, 0.3) is 0 Å². The normalized spacial score (nSPS) is 14.3. The van der Waals surface area contributed by atoms with Crippen LogP contribution < -0.4 is 0 Å². The molecule has 0 aromatic carbocycles. The fourth-order valence-corrected chi connectivity index (χ4v) is 1.10. The lowest BCUT2D eigenvalue weighted by molar-refractivity contribution is -0.440. The first-order valence-electron chi connectivity index (χ1n) is 6.00. The van der Waals surface area contributed by atoms with Crippen LogP contribution in [-0.4, -0.2) is 58.6 Å². The van der Waals surface area contributed by atoms with Gasteiger partial charge >= 0.3 is 41.8 Å². The quantitative estimate of drug-likeness (QED) is 0.461. The number of hydrogen-bond acceptors (Lipinski definition) is 2. The summed E-state index contributed by atoms with van der Waals surface area (Å²) in [5, 5.41) is 15.6. The van der Waals surface area contributed by atoms with E-state index in [9.17, 15) is 61.9 Å². The van der Waals surface area contributed by atoms with E-state index in [2.05, 4.69) is 6.58 Å². The molecule has 3 nitrogen and oxygen atoms in total. The largest absolute Gasteiger partial charge is 0.478 e. The maximum atomic E-state index is 12.8. The average Bonchev–Trinajstić information content (AvgIpc) is 2.45. The first-order chi connectivity index (χ1) is 11.6. The molecule has 27 heavy (non-hydrogen) atoms. The van der Waals surface area contributed by atoms with Crippen LogP contribution in [-0.2, 0) is 4.79 Å². The fraction of sp³-hybridized carbons (Fsp3) is 0.727. The zero-order valence-corrected chi connectivity index (χ0v) is 12.4. The number of carbonyl (C=O) groups is 1. The molecule has 16 heteroatoms. The zero-order valence-electron chi connectivity index (χ0n) is 12.4. The van der Waals surface area contributed by atoms with Crippen molar-refractivity contribution in [3.8, 4) is 0 Å². The van der Waals surface area contributed by atoms with Gasteiger partial charge in [-0.3, -0.25) is 0 Å². The highest BCUT2D eigenvalue weighted by Gasteiger charge is 2.90. The van der Waals surface area contributed by atoms with Crippen molar-refractivity contribution in [3.05, 3.63) is 12.7 Å². The Kier molecular flexibility index (Phi) is 8.24. The molecule has 2 N–H and O–H groups in total. The van der Waals surface area contributed by atoms with Crippen molar-refractivity contribution >= 4 is 5.97 Å². The minimum Gasteiger partial charge on any atom is -0.478 e. The van der Waals surface area contributed by atoms with Gasteiger partial charge in [0.15, 0.2) is 0 Å². The van der Waals surface area contributed by atoms with Gasteiger partial charge in [0.1, 0.15) is 0 Å². The van der Waals surface area contributed by atoms with Crippen LogP contribution in [0.4, 0.5) is 57.1 Å². The Morgan fingerprint density at radius 1 is 0.741 bits per heavy atom. The van der Waals surface area contributed by atoms with Crippen LogP contribution in [0, 0.1) is 0 Å². The lowest BCUT2D eigenvalue weighted by atomic mass is 9.93. The highest BCUT2D eigenvalue weighted by Crippen LogP contribution is 2.60. The molecule has 0 spiro atoms. The van der Waals surface area contributed by atoms with Gasteiger partial charge in [-0.2, -0.15) is 57.1 Å². The predicted molar refractivity (Wildman–Crippen MR) is 60.3 cm³/mol. The molecule has 0 atom stereocenters. The molecule has 0 amide bonds. The smallest absolute Gasteiger partial charge is 0.460 e. The maximum absolute atomic E-state index is 12.8. The molecular formula is C11H9F13O3. The summed E-state index contributed by atoms with van der Waals surface area (Å²) in [5.74, 6) is -37.9. The molecule has 0 aliphatic carbocycles. The van der Waals surface area contributed by atoms with E-state index in [1.54, 1.807) is 0 Å². The van der Waals surface area contributed by atoms with Gasteiger partial charge in [0.05, 0.1) is 0 Å². The summed E-state index contributed by atoms with van der Waals surface area (Å²) in [5.41, 5.74) is 0. The van der Waals surface area contributed by atoms with E-state index in [1.165, 1.54) is 0 Å². The third-order valence-corrected chi connectivity index (χ3v) is 2.60. The first kappa shape index (κ1) is 27.5. The van der Waals surface area contributed by atoms with E-state index >= 15 is 0 Å². The summed E-state index contributed by atoms with van der Waals surface area (Å²) in [7, 11) is 0. The summed E-state index contributed by atoms with van der Waals surface area (Å²) in [6.45, 7) is 1.00. The lowest BCUT2D eigenvalue weighted by Crippen LogP contribution is -2.70. The molecule has 0 saturated heterocycles. The predicted octanol–water partition coefficient (Wildman–Crippen LogP) is 4.36. The molecule has 0 aromatic rings. The Morgan fingerprint density at radius 2 is 1.04 bits per heavy atom. The van der Waals surface area contributed by atoms with E-state index in [0.29, 0.717) is 0 Å². The number of aliphatic hydroxyl groups excluding tert-OH is 1. The van der Waals surface area contributed by atoms with Crippen molar-refractivity contribution in [1.29, 1.82) is 0 Å². The molecular weight excluding hydrogens is 427 g/mol. The minimum absolute atomic E-state index is 0.833. The van der Waals surface area contributed by atoms with Gasteiger partial charge in [-0.05, 0) is 0 Å². The van der Waals surface area contributed by atoms with Crippen LogP contribution >= 0.6 is 0 Å². The molecule has 162 valence electrons. The van der Waals surface area contributed by atoms with Gasteiger partial charge in [0.2, 0.25) is 0 Å². The van der Waals surface area contributed by atoms with Gasteiger partial charge < -0.3 is 10.2 Å². The van der Waals surface area contributed by atoms with Crippen molar-refractivity contribution in [3.63, 3.8) is 0 Å². The maximum Gasteiger partial charge on any atom is 0.460 e. The molecule has 0 fully saturated rings. The SMILES string of the molecule is C=CC(=O)O.OCCC(F)(F)C(F)(F)C(F)(F)C(F)(F)C(F)(F)C(F)(F)F. The second kappa shape index (κ2) is 8.10. The van der Waals surface area contributed by atoms with Crippen LogP contribution in [0.2, 0.25) is 0 Å². The second-order valence-corrected chi connectivity index (χ2v) is 4.52. The van der Waals surface area contributed by atoms with Crippen LogP contribution in [0.1, 0.15) is 6.42 Å². The number of alkyl halides is 13. The molecule has 0 aliphatic heterocycles. The van der Waals surface area contributed by atoms with Gasteiger partial charge in [-0.1, -0.05) is 6.58 Å². The van der Waals surface area contributed by atoms with E-state index in [-0.39, 0.29) is 0 Å². The molecule has 0 aromatic heterocycles. The molecule has 0 heterocycles. The van der Waals surface area contributed by atoms with Crippen LogP contribution in [0.5, 0.6) is 0 Å². The van der Waals surface area contributed by atoms with Crippen molar-refractivity contribution in [2.24, 2.45) is 0 Å². The van der Waals surface area contributed by atoms with Gasteiger partial charge in [0, 0.05) is 19.1 Å².